The van der Waals surface area contributed by atoms with Crippen LogP contribution in [0.2, 0.25) is 0 Å². The van der Waals surface area contributed by atoms with Gasteiger partial charge in [0.05, 0.1) is 5.39 Å². The Morgan fingerprint density at radius 3 is 2.50 bits per heavy atom. The fraction of sp³-hybridized carbons (Fsp3) is 0.174. The van der Waals surface area contributed by atoms with E-state index in [0.717, 1.165) is 11.1 Å². The number of para-hydroxylation sites is 1. The zero-order valence-electron chi connectivity index (χ0n) is 16.6. The highest BCUT2D eigenvalue weighted by Crippen LogP contribution is 2.29. The van der Waals surface area contributed by atoms with Crippen LogP contribution in [-0.2, 0) is 4.74 Å². The Hall–Kier alpha value is -3.45. The fourth-order valence-electron chi connectivity index (χ4n) is 3.06. The number of H-pyrrole nitrogens is 1. The monoisotopic (exact) mass is 420 g/mol. The predicted molar refractivity (Wildman–Crippen MR) is 117 cm³/mol. The molecule has 0 aliphatic rings. The van der Waals surface area contributed by atoms with E-state index in [-0.39, 0.29) is 18.8 Å². The van der Waals surface area contributed by atoms with E-state index in [1.165, 1.54) is 11.3 Å². The van der Waals surface area contributed by atoms with E-state index in [1.807, 2.05) is 61.5 Å². The van der Waals surface area contributed by atoms with Crippen molar-refractivity contribution in [2.75, 3.05) is 13.2 Å². The third-order valence-electron chi connectivity index (χ3n) is 4.64. The molecule has 4 aromatic rings. The zero-order chi connectivity index (χ0) is 21.1. The van der Waals surface area contributed by atoms with Crippen molar-refractivity contribution in [1.29, 1.82) is 0 Å². The lowest BCUT2D eigenvalue weighted by Gasteiger charge is -2.06. The molecule has 152 valence electrons. The first-order chi connectivity index (χ1) is 14.5. The van der Waals surface area contributed by atoms with E-state index >= 15 is 0 Å². The second-order valence-corrected chi connectivity index (χ2v) is 7.81. The Kier molecular flexibility index (Phi) is 5.63. The first-order valence-electron chi connectivity index (χ1n) is 9.48. The molecule has 0 aliphatic carbocycles. The quantitative estimate of drug-likeness (QED) is 0.367. The Morgan fingerprint density at radius 1 is 1.03 bits per heavy atom. The highest BCUT2D eigenvalue weighted by atomic mass is 32.1. The molecular formula is C23H20N2O4S. The minimum absolute atomic E-state index is 0.111. The van der Waals surface area contributed by atoms with E-state index in [1.54, 1.807) is 6.92 Å². The first-order valence-corrected chi connectivity index (χ1v) is 10.3. The lowest BCUT2D eigenvalue weighted by atomic mass is 10.1. The summed E-state index contributed by atoms with van der Waals surface area (Å²) in [6.07, 6.45) is 0. The summed E-state index contributed by atoms with van der Waals surface area (Å²) in [7, 11) is 0. The van der Waals surface area contributed by atoms with E-state index in [0.29, 0.717) is 32.2 Å². The van der Waals surface area contributed by atoms with E-state index in [2.05, 4.69) is 9.97 Å². The number of rotatable bonds is 6. The van der Waals surface area contributed by atoms with Gasteiger partial charge in [0.25, 0.3) is 5.56 Å². The molecule has 7 heteroatoms. The third kappa shape index (κ3) is 4.11. The van der Waals surface area contributed by atoms with Gasteiger partial charge in [-0.05, 0) is 31.5 Å². The second kappa shape index (κ2) is 8.51. The van der Waals surface area contributed by atoms with Crippen molar-refractivity contribution in [3.63, 3.8) is 0 Å². The lowest BCUT2D eigenvalue weighted by molar-refractivity contribution is 0.0455. The number of nitrogens with one attached hydrogen (secondary N) is 1. The van der Waals surface area contributed by atoms with Crippen molar-refractivity contribution in [2.45, 2.75) is 13.8 Å². The van der Waals surface area contributed by atoms with Crippen LogP contribution in [-0.4, -0.2) is 29.2 Å². The normalized spacial score (nSPS) is 10.9. The number of nitrogens with zero attached hydrogens (tertiary/aromatic N) is 1. The number of ether oxygens (including phenoxy) is 2. The van der Waals surface area contributed by atoms with Crippen molar-refractivity contribution in [1.82, 2.24) is 9.97 Å². The molecule has 4 rings (SSSR count). The Morgan fingerprint density at radius 2 is 1.77 bits per heavy atom. The number of thiophene rings is 1. The molecule has 0 spiro atoms. The van der Waals surface area contributed by atoms with Crippen LogP contribution in [0.25, 0.3) is 21.6 Å². The van der Waals surface area contributed by atoms with Crippen molar-refractivity contribution in [2.24, 2.45) is 0 Å². The summed E-state index contributed by atoms with van der Waals surface area (Å²) >= 11 is 1.17. The zero-order valence-corrected chi connectivity index (χ0v) is 17.4. The molecule has 0 amide bonds. The van der Waals surface area contributed by atoms with Crippen LogP contribution in [0.4, 0.5) is 0 Å². The topological polar surface area (TPSA) is 81.3 Å². The third-order valence-corrected chi connectivity index (χ3v) is 5.81. The molecule has 0 unspecified atom stereocenters. The number of esters is 1. The lowest BCUT2D eigenvalue weighted by Crippen LogP contribution is -2.13. The van der Waals surface area contributed by atoms with E-state index in [4.69, 9.17) is 9.47 Å². The first kappa shape index (κ1) is 19.8. The number of carbonyl (C=O) groups is 1. The minimum Gasteiger partial charge on any atom is -0.490 e. The Labute approximate surface area is 177 Å². The maximum Gasteiger partial charge on any atom is 0.348 e. The molecule has 2 aromatic carbocycles. The average Bonchev–Trinajstić information content (AvgIpc) is 3.09. The summed E-state index contributed by atoms with van der Waals surface area (Å²) in [5, 5.41) is 0.420. The summed E-state index contributed by atoms with van der Waals surface area (Å²) < 4.78 is 10.9. The summed E-state index contributed by atoms with van der Waals surface area (Å²) in [4.78, 5) is 33.5. The van der Waals surface area contributed by atoms with Crippen LogP contribution in [0.15, 0.2) is 59.4 Å². The van der Waals surface area contributed by atoms with Gasteiger partial charge in [0, 0.05) is 5.56 Å². The molecule has 2 aromatic heterocycles. The molecular weight excluding hydrogens is 400 g/mol. The largest absolute Gasteiger partial charge is 0.490 e. The number of fused-ring (bicyclic) bond motifs is 1. The molecule has 30 heavy (non-hydrogen) atoms. The van der Waals surface area contributed by atoms with Crippen LogP contribution in [0.1, 0.15) is 20.8 Å². The smallest absolute Gasteiger partial charge is 0.348 e. The molecule has 0 saturated heterocycles. The summed E-state index contributed by atoms with van der Waals surface area (Å²) in [6.45, 7) is 4.09. The van der Waals surface area contributed by atoms with Crippen molar-refractivity contribution < 1.29 is 14.3 Å². The van der Waals surface area contributed by atoms with E-state index < -0.39 is 5.97 Å². The summed E-state index contributed by atoms with van der Waals surface area (Å²) in [6, 6.07) is 17.0. The van der Waals surface area contributed by atoms with Gasteiger partial charge >= 0.3 is 5.97 Å². The highest BCUT2D eigenvalue weighted by Gasteiger charge is 2.20. The van der Waals surface area contributed by atoms with Gasteiger partial charge < -0.3 is 14.5 Å². The van der Waals surface area contributed by atoms with Crippen LogP contribution in [0.3, 0.4) is 0 Å². The number of hydrogen-bond acceptors (Lipinski definition) is 6. The molecule has 0 atom stereocenters. The molecule has 0 fully saturated rings. The highest BCUT2D eigenvalue weighted by molar-refractivity contribution is 7.20. The van der Waals surface area contributed by atoms with Gasteiger partial charge in [-0.3, -0.25) is 4.79 Å². The number of benzene rings is 2. The van der Waals surface area contributed by atoms with Crippen molar-refractivity contribution >= 4 is 27.5 Å². The molecule has 0 saturated carbocycles. The molecule has 0 aliphatic heterocycles. The number of aromatic amines is 1. The molecule has 2 heterocycles. The van der Waals surface area contributed by atoms with Crippen molar-refractivity contribution in [3.8, 4) is 17.1 Å². The number of aromatic nitrogens is 2. The number of carbonyl (C=O) groups excluding carboxylic acids is 1. The minimum atomic E-state index is -0.483. The Balaban J connectivity index is 1.52. The van der Waals surface area contributed by atoms with Gasteiger partial charge in [-0.1, -0.05) is 48.0 Å². The van der Waals surface area contributed by atoms with Gasteiger partial charge in [-0.2, -0.15) is 0 Å². The molecule has 0 bridgehead atoms. The fourth-order valence-corrected chi connectivity index (χ4v) is 4.14. The van der Waals surface area contributed by atoms with Crippen molar-refractivity contribution in [3.05, 3.63) is 81.0 Å². The molecule has 0 radical (unpaired) electrons. The number of hydrogen-bond donors (Lipinski definition) is 1. The average molecular weight is 420 g/mol. The van der Waals surface area contributed by atoms with Crippen LogP contribution in [0, 0.1) is 13.8 Å². The number of aryl methyl sites for hydroxylation is 2. The molecule has 6 nitrogen and oxygen atoms in total. The SMILES string of the molecule is Cc1ccc(-c2nc3sc(C(=O)OCCOc4ccccc4)c(C)c3c(=O)[nH]2)cc1. The Bertz CT molecular complexity index is 1240. The standard InChI is InChI=1S/C23H20N2O4S/c1-14-8-10-16(11-9-14)20-24-21(26)18-15(2)19(30-22(18)25-20)23(27)29-13-12-28-17-6-4-3-5-7-17/h3-11H,12-13H2,1-2H3,(H,24,25,26). The van der Waals surface area contributed by atoms with Gasteiger partial charge in [-0.25, -0.2) is 9.78 Å². The second-order valence-electron chi connectivity index (χ2n) is 6.81. The van der Waals surface area contributed by atoms with E-state index in [9.17, 15) is 9.59 Å². The van der Waals surface area contributed by atoms with Gasteiger partial charge in [0.2, 0.25) is 0 Å². The summed E-state index contributed by atoms with van der Waals surface area (Å²) in [5.41, 5.74) is 2.24. The van der Waals surface area contributed by atoms with Gasteiger partial charge in [-0.15, -0.1) is 11.3 Å². The van der Waals surface area contributed by atoms with Crippen LogP contribution >= 0.6 is 11.3 Å². The van der Waals surface area contributed by atoms with Crippen LogP contribution < -0.4 is 10.3 Å². The predicted octanol–water partition coefficient (Wildman–Crippen LogP) is 4.50. The van der Waals surface area contributed by atoms with Crippen LogP contribution in [0.5, 0.6) is 5.75 Å². The molecule has 1 N–H and O–H groups in total. The maximum atomic E-state index is 12.7. The maximum absolute atomic E-state index is 12.7. The van der Waals surface area contributed by atoms with Gasteiger partial charge in [0.1, 0.15) is 34.5 Å². The van der Waals surface area contributed by atoms with Gasteiger partial charge in [0.15, 0.2) is 0 Å². The summed E-state index contributed by atoms with van der Waals surface area (Å²) in [5.74, 6) is 0.708.